The number of nitrogens with two attached hydrogens (primary N) is 1. The van der Waals surface area contributed by atoms with E-state index in [1.165, 1.54) is 0 Å². The third kappa shape index (κ3) is 2.51. The minimum absolute atomic E-state index is 0.141. The van der Waals surface area contributed by atoms with Crippen LogP contribution in [0.1, 0.15) is 38.3 Å². The lowest BCUT2D eigenvalue weighted by Crippen LogP contribution is -2.36. The average molecular weight is 238 g/mol. The van der Waals surface area contributed by atoms with Crippen LogP contribution in [0.3, 0.4) is 0 Å². The van der Waals surface area contributed by atoms with Crippen molar-refractivity contribution in [1.82, 2.24) is 15.2 Å². The summed E-state index contributed by atoms with van der Waals surface area (Å²) in [4.78, 5) is 0. The van der Waals surface area contributed by atoms with Gasteiger partial charge >= 0.3 is 0 Å². The second-order valence-electron chi connectivity index (χ2n) is 4.54. The number of rotatable bonds is 5. The molecule has 1 aromatic rings. The number of hydrazine groups is 1. The number of hydrogen-bond acceptors (Lipinski definition) is 4. The molecule has 0 bridgehead atoms. The van der Waals surface area contributed by atoms with Gasteiger partial charge in [-0.1, -0.05) is 6.92 Å². The van der Waals surface area contributed by atoms with Crippen molar-refractivity contribution >= 4 is 0 Å². The van der Waals surface area contributed by atoms with Crippen LogP contribution in [0.15, 0.2) is 12.4 Å². The lowest BCUT2D eigenvalue weighted by molar-refractivity contribution is 0.0774. The predicted molar refractivity (Wildman–Crippen MR) is 66.1 cm³/mol. The molecule has 0 aliphatic carbocycles. The number of ether oxygens (including phenoxy) is 1. The molecule has 3 atom stereocenters. The number of aromatic nitrogens is 2. The molecular formula is C12H22N4O. The van der Waals surface area contributed by atoms with Crippen LogP contribution in [-0.2, 0) is 11.3 Å². The lowest BCUT2D eigenvalue weighted by Gasteiger charge is -2.25. The van der Waals surface area contributed by atoms with E-state index in [4.69, 9.17) is 10.6 Å². The lowest BCUT2D eigenvalue weighted by atomic mass is 9.88. The molecule has 3 unspecified atom stereocenters. The van der Waals surface area contributed by atoms with E-state index in [9.17, 15) is 0 Å². The Balaban J connectivity index is 2.14. The van der Waals surface area contributed by atoms with Crippen molar-refractivity contribution in [3.63, 3.8) is 0 Å². The van der Waals surface area contributed by atoms with Crippen molar-refractivity contribution in [2.45, 2.75) is 45.4 Å². The normalized spacial score (nSPS) is 26.3. The highest BCUT2D eigenvalue weighted by atomic mass is 16.5. The maximum absolute atomic E-state index is 5.73. The van der Waals surface area contributed by atoms with Crippen LogP contribution in [0.2, 0.25) is 0 Å². The summed E-state index contributed by atoms with van der Waals surface area (Å²) in [6.45, 7) is 5.96. The summed E-state index contributed by atoms with van der Waals surface area (Å²) in [5, 5.41) is 4.31. The summed E-state index contributed by atoms with van der Waals surface area (Å²) in [6.07, 6.45) is 6.37. The van der Waals surface area contributed by atoms with E-state index < -0.39 is 0 Å². The molecule has 1 fully saturated rings. The molecular weight excluding hydrogens is 216 g/mol. The van der Waals surface area contributed by atoms with Crippen molar-refractivity contribution < 1.29 is 4.74 Å². The molecule has 0 radical (unpaired) electrons. The minimum Gasteiger partial charge on any atom is -0.378 e. The number of aryl methyl sites for hydroxylation is 1. The van der Waals surface area contributed by atoms with Crippen LogP contribution >= 0.6 is 0 Å². The Bertz CT molecular complexity index is 352. The zero-order valence-electron chi connectivity index (χ0n) is 10.6. The molecule has 0 amide bonds. The van der Waals surface area contributed by atoms with Gasteiger partial charge in [-0.2, -0.15) is 5.10 Å². The van der Waals surface area contributed by atoms with Crippen LogP contribution in [-0.4, -0.2) is 22.5 Å². The topological polar surface area (TPSA) is 65.1 Å². The van der Waals surface area contributed by atoms with Crippen LogP contribution in [0.25, 0.3) is 0 Å². The average Bonchev–Trinajstić information content (AvgIpc) is 2.99. The zero-order valence-corrected chi connectivity index (χ0v) is 10.6. The third-order valence-corrected chi connectivity index (χ3v) is 3.61. The summed E-state index contributed by atoms with van der Waals surface area (Å²) >= 11 is 0. The Labute approximate surface area is 102 Å². The Morgan fingerprint density at radius 3 is 3.06 bits per heavy atom. The standard InChI is InChI=1S/C12H22N4O/c1-3-11-10(5-6-17-11)12(15-13)9-7-14-16(4-2)8-9/h7-8,10-12,15H,3-6,13H2,1-2H3. The van der Waals surface area contributed by atoms with Gasteiger partial charge in [0.05, 0.1) is 18.3 Å². The molecule has 1 aliphatic heterocycles. The van der Waals surface area contributed by atoms with E-state index in [1.807, 2.05) is 10.9 Å². The molecule has 2 heterocycles. The summed E-state index contributed by atoms with van der Waals surface area (Å²) in [7, 11) is 0. The summed E-state index contributed by atoms with van der Waals surface area (Å²) in [5.41, 5.74) is 4.08. The predicted octanol–water partition coefficient (Wildman–Crippen LogP) is 1.22. The summed E-state index contributed by atoms with van der Waals surface area (Å²) in [5.74, 6) is 6.15. The molecule has 2 rings (SSSR count). The third-order valence-electron chi connectivity index (χ3n) is 3.61. The quantitative estimate of drug-likeness (QED) is 0.598. The second kappa shape index (κ2) is 5.62. The SMILES string of the molecule is CCC1OCCC1C(NN)c1cnn(CC)c1. The fraction of sp³-hybridized carbons (Fsp3) is 0.750. The first-order valence-corrected chi connectivity index (χ1v) is 6.40. The van der Waals surface area contributed by atoms with Gasteiger partial charge in [0.2, 0.25) is 0 Å². The second-order valence-corrected chi connectivity index (χ2v) is 4.54. The van der Waals surface area contributed by atoms with Gasteiger partial charge in [0.1, 0.15) is 0 Å². The molecule has 17 heavy (non-hydrogen) atoms. The first-order chi connectivity index (χ1) is 8.30. The number of hydrogen-bond donors (Lipinski definition) is 2. The van der Waals surface area contributed by atoms with Gasteiger partial charge in [-0.25, -0.2) is 0 Å². The van der Waals surface area contributed by atoms with Gasteiger partial charge in [0.15, 0.2) is 0 Å². The smallest absolute Gasteiger partial charge is 0.0620 e. The molecule has 3 N–H and O–H groups in total. The summed E-state index contributed by atoms with van der Waals surface area (Å²) in [6, 6.07) is 0.141. The summed E-state index contributed by atoms with van der Waals surface area (Å²) < 4.78 is 7.66. The van der Waals surface area contributed by atoms with Gasteiger partial charge in [-0.3, -0.25) is 16.0 Å². The van der Waals surface area contributed by atoms with E-state index in [0.29, 0.717) is 12.0 Å². The molecule has 1 aliphatic rings. The maximum Gasteiger partial charge on any atom is 0.0620 e. The van der Waals surface area contributed by atoms with Crippen LogP contribution in [0.5, 0.6) is 0 Å². The highest BCUT2D eigenvalue weighted by molar-refractivity contribution is 5.13. The van der Waals surface area contributed by atoms with E-state index in [0.717, 1.165) is 31.6 Å². The molecule has 5 heteroatoms. The maximum atomic E-state index is 5.73. The number of nitrogens with zero attached hydrogens (tertiary/aromatic N) is 2. The van der Waals surface area contributed by atoms with Gasteiger partial charge < -0.3 is 4.74 Å². The van der Waals surface area contributed by atoms with Gasteiger partial charge in [-0.15, -0.1) is 0 Å². The van der Waals surface area contributed by atoms with Crippen LogP contribution in [0, 0.1) is 5.92 Å². The molecule has 96 valence electrons. The highest BCUT2D eigenvalue weighted by Gasteiger charge is 2.34. The van der Waals surface area contributed by atoms with Crippen LogP contribution < -0.4 is 11.3 Å². The van der Waals surface area contributed by atoms with Gasteiger partial charge in [0, 0.05) is 30.8 Å². The van der Waals surface area contributed by atoms with E-state index >= 15 is 0 Å². The van der Waals surface area contributed by atoms with Crippen molar-refractivity contribution in [3.05, 3.63) is 18.0 Å². The molecule has 0 saturated carbocycles. The van der Waals surface area contributed by atoms with Gasteiger partial charge in [0.25, 0.3) is 0 Å². The molecule has 0 aromatic carbocycles. The molecule has 1 saturated heterocycles. The van der Waals surface area contributed by atoms with E-state index in [2.05, 4.69) is 30.6 Å². The fourth-order valence-electron chi connectivity index (χ4n) is 2.65. The largest absolute Gasteiger partial charge is 0.378 e. The molecule has 0 spiro atoms. The molecule has 1 aromatic heterocycles. The fourth-order valence-corrected chi connectivity index (χ4v) is 2.65. The first kappa shape index (κ1) is 12.5. The van der Waals surface area contributed by atoms with E-state index in [1.54, 1.807) is 0 Å². The number of nitrogens with one attached hydrogen (secondary N) is 1. The first-order valence-electron chi connectivity index (χ1n) is 6.40. The van der Waals surface area contributed by atoms with Crippen molar-refractivity contribution in [1.29, 1.82) is 0 Å². The van der Waals surface area contributed by atoms with E-state index in [-0.39, 0.29) is 6.04 Å². The minimum atomic E-state index is 0.141. The van der Waals surface area contributed by atoms with Crippen LogP contribution in [0.4, 0.5) is 0 Å². The Kier molecular flexibility index (Phi) is 4.15. The van der Waals surface area contributed by atoms with Crippen molar-refractivity contribution in [2.75, 3.05) is 6.61 Å². The monoisotopic (exact) mass is 238 g/mol. The molecule has 5 nitrogen and oxygen atoms in total. The Hall–Kier alpha value is -0.910. The van der Waals surface area contributed by atoms with Crippen molar-refractivity contribution in [2.24, 2.45) is 11.8 Å². The Morgan fingerprint density at radius 2 is 2.47 bits per heavy atom. The highest BCUT2D eigenvalue weighted by Crippen LogP contribution is 2.34. The van der Waals surface area contributed by atoms with Crippen molar-refractivity contribution in [3.8, 4) is 0 Å². The van der Waals surface area contributed by atoms with Gasteiger partial charge in [-0.05, 0) is 19.8 Å². The Morgan fingerprint density at radius 1 is 1.65 bits per heavy atom. The zero-order chi connectivity index (χ0) is 12.3.